The average molecular weight is 457 g/mol. The van der Waals surface area contributed by atoms with Gasteiger partial charge >= 0.3 is 6.03 Å². The molecule has 7 nitrogen and oxygen atoms in total. The van der Waals surface area contributed by atoms with Crippen LogP contribution in [0, 0.1) is 5.92 Å². The van der Waals surface area contributed by atoms with E-state index in [1.165, 1.54) is 0 Å². The first-order valence-electron chi connectivity index (χ1n) is 12.9. The molecule has 2 amide bonds. The normalized spacial score (nSPS) is 25.9. The topological polar surface area (TPSA) is 57.3 Å². The summed E-state index contributed by atoms with van der Waals surface area (Å²) in [5, 5.41) is 3.38. The highest BCUT2D eigenvalue weighted by Crippen LogP contribution is 2.42. The Morgan fingerprint density at radius 2 is 1.81 bits per heavy atom. The number of nitrogens with one attached hydrogen (secondary N) is 1. The fourth-order valence-electron chi connectivity index (χ4n) is 5.94. The summed E-state index contributed by atoms with van der Waals surface area (Å²) in [4.78, 5) is 20.2. The molecule has 2 aliphatic rings. The van der Waals surface area contributed by atoms with Gasteiger partial charge in [0, 0.05) is 78.8 Å². The maximum Gasteiger partial charge on any atom is 0.317 e. The number of urea groups is 1. The standard InChI is InChI=1S/C25H50N4O3.H2/c1-9-13-28-18-22(16-21-17-25(31-7,32-8)12-11-23(21)28)26-24(30)27(10-2)14-15-29(19(3)4)20(5)6;/h19-23H,9-18H2,1-8H3,(H,26,30);1H/t21-,22+,23-;/m1./s1. The largest absolute Gasteiger partial charge is 0.353 e. The molecule has 1 N–H and O–H groups in total. The molecule has 0 aromatic heterocycles. The van der Waals surface area contributed by atoms with Gasteiger partial charge in [0.25, 0.3) is 0 Å². The first-order valence-corrected chi connectivity index (χ1v) is 12.9. The molecular weight excluding hydrogens is 404 g/mol. The van der Waals surface area contributed by atoms with E-state index < -0.39 is 5.79 Å². The number of methoxy groups -OCH3 is 2. The summed E-state index contributed by atoms with van der Waals surface area (Å²) >= 11 is 0. The zero-order valence-corrected chi connectivity index (χ0v) is 22.0. The number of hydrogen-bond acceptors (Lipinski definition) is 5. The van der Waals surface area contributed by atoms with Gasteiger partial charge in [-0.1, -0.05) is 6.92 Å². The molecule has 0 aromatic rings. The Hall–Kier alpha value is -0.890. The number of nitrogens with zero attached hydrogens (tertiary/aromatic N) is 3. The third kappa shape index (κ3) is 6.81. The summed E-state index contributed by atoms with van der Waals surface area (Å²) in [6, 6.07) is 1.75. The maximum atomic E-state index is 13.2. The summed E-state index contributed by atoms with van der Waals surface area (Å²) in [6.07, 6.45) is 5.04. The third-order valence-electron chi connectivity index (χ3n) is 7.66. The number of fused-ring (bicyclic) bond motifs is 1. The van der Waals surface area contributed by atoms with Gasteiger partial charge in [-0.2, -0.15) is 0 Å². The lowest BCUT2D eigenvalue weighted by molar-refractivity contribution is -0.242. The highest BCUT2D eigenvalue weighted by molar-refractivity contribution is 5.74. The molecule has 190 valence electrons. The van der Waals surface area contributed by atoms with Crippen LogP contribution in [0.3, 0.4) is 0 Å². The van der Waals surface area contributed by atoms with Gasteiger partial charge in [0.05, 0.1) is 0 Å². The van der Waals surface area contributed by atoms with E-state index in [1.54, 1.807) is 14.2 Å². The Bertz CT molecular complexity index is 566. The van der Waals surface area contributed by atoms with Crippen LogP contribution in [0.5, 0.6) is 0 Å². The lowest BCUT2D eigenvalue weighted by atomic mass is 9.74. The molecule has 1 aliphatic carbocycles. The number of rotatable bonds is 11. The quantitative estimate of drug-likeness (QED) is 0.476. The minimum absolute atomic E-state index is 0. The number of likely N-dealkylation sites (N-methyl/N-ethyl adjacent to an activating group) is 1. The minimum Gasteiger partial charge on any atom is -0.353 e. The molecular formula is C25H52N4O3. The van der Waals surface area contributed by atoms with Gasteiger partial charge in [-0.3, -0.25) is 9.80 Å². The van der Waals surface area contributed by atoms with Crippen molar-refractivity contribution < 1.29 is 15.7 Å². The molecule has 0 bridgehead atoms. The minimum atomic E-state index is -0.475. The highest BCUT2D eigenvalue weighted by atomic mass is 16.7. The molecule has 0 spiro atoms. The maximum absolute atomic E-state index is 13.2. The number of ether oxygens (including phenoxy) is 2. The van der Waals surface area contributed by atoms with Crippen molar-refractivity contribution in [3.05, 3.63) is 0 Å². The summed E-state index contributed by atoms with van der Waals surface area (Å²) in [6.45, 7) is 17.6. The van der Waals surface area contributed by atoms with Crippen molar-refractivity contribution in [3.8, 4) is 0 Å². The highest BCUT2D eigenvalue weighted by Gasteiger charge is 2.46. The van der Waals surface area contributed by atoms with Crippen molar-refractivity contribution in [1.82, 2.24) is 20.0 Å². The zero-order chi connectivity index (χ0) is 23.9. The molecule has 1 saturated heterocycles. The Balaban J connectivity index is 0.00000544. The van der Waals surface area contributed by atoms with Crippen molar-refractivity contribution in [3.63, 3.8) is 0 Å². The second-order valence-corrected chi connectivity index (χ2v) is 10.3. The van der Waals surface area contributed by atoms with E-state index in [-0.39, 0.29) is 13.5 Å². The lowest BCUT2D eigenvalue weighted by Gasteiger charge is -2.51. The van der Waals surface area contributed by atoms with Crippen LogP contribution in [0.1, 0.15) is 75.1 Å². The first kappa shape index (κ1) is 27.4. The Labute approximate surface area is 198 Å². The number of carbonyl (C=O) groups is 1. The SMILES string of the molecule is CCCN1C[C@@H](NC(=O)N(CC)CCN(C(C)C)C(C)C)C[C@@H]2CC(OC)(OC)CC[C@H]21.[HH]. The third-order valence-corrected chi connectivity index (χ3v) is 7.66. The lowest BCUT2D eigenvalue weighted by Crippen LogP contribution is -2.61. The van der Waals surface area contributed by atoms with Crippen LogP contribution in [0.4, 0.5) is 4.79 Å². The van der Waals surface area contributed by atoms with Gasteiger partial charge in [-0.05, 0) is 66.3 Å². The molecule has 0 radical (unpaired) electrons. The van der Waals surface area contributed by atoms with Crippen LogP contribution in [0.25, 0.3) is 0 Å². The summed E-state index contributed by atoms with van der Waals surface area (Å²) < 4.78 is 11.6. The van der Waals surface area contributed by atoms with Gasteiger partial charge < -0.3 is 19.7 Å². The van der Waals surface area contributed by atoms with Crippen molar-refractivity contribution in [2.75, 3.05) is 46.9 Å². The van der Waals surface area contributed by atoms with Gasteiger partial charge in [0.2, 0.25) is 0 Å². The number of carbonyl (C=O) groups excluding carboxylic acids is 1. The van der Waals surface area contributed by atoms with Gasteiger partial charge in [0.15, 0.2) is 5.79 Å². The Morgan fingerprint density at radius 1 is 1.16 bits per heavy atom. The van der Waals surface area contributed by atoms with Crippen LogP contribution in [-0.4, -0.2) is 97.6 Å². The molecule has 1 heterocycles. The molecule has 2 fully saturated rings. The van der Waals surface area contributed by atoms with Gasteiger partial charge in [-0.25, -0.2) is 4.79 Å². The number of hydrogen-bond donors (Lipinski definition) is 1. The van der Waals surface area contributed by atoms with Crippen molar-refractivity contribution in [2.24, 2.45) is 5.92 Å². The van der Waals surface area contributed by atoms with E-state index >= 15 is 0 Å². The van der Waals surface area contributed by atoms with E-state index in [2.05, 4.69) is 56.7 Å². The summed E-state index contributed by atoms with van der Waals surface area (Å²) in [5.74, 6) is -0.000852. The summed E-state index contributed by atoms with van der Waals surface area (Å²) in [7, 11) is 3.51. The van der Waals surface area contributed by atoms with E-state index in [1.807, 2.05) is 4.90 Å². The molecule has 0 aromatic carbocycles. The Kier molecular flexibility index (Phi) is 10.7. The number of likely N-dealkylation sites (tertiary alicyclic amines) is 1. The second-order valence-electron chi connectivity index (χ2n) is 10.3. The van der Waals surface area contributed by atoms with Crippen molar-refractivity contribution in [2.45, 2.75) is 104 Å². The molecule has 1 aliphatic heterocycles. The zero-order valence-electron chi connectivity index (χ0n) is 22.0. The molecule has 2 rings (SSSR count). The molecule has 7 heteroatoms. The van der Waals surface area contributed by atoms with E-state index in [0.29, 0.717) is 24.0 Å². The molecule has 0 unspecified atom stereocenters. The smallest absolute Gasteiger partial charge is 0.317 e. The van der Waals surface area contributed by atoms with E-state index in [0.717, 1.165) is 64.8 Å². The van der Waals surface area contributed by atoms with E-state index in [4.69, 9.17) is 9.47 Å². The van der Waals surface area contributed by atoms with Gasteiger partial charge in [-0.15, -0.1) is 0 Å². The van der Waals surface area contributed by atoms with Gasteiger partial charge in [0.1, 0.15) is 0 Å². The van der Waals surface area contributed by atoms with E-state index in [9.17, 15) is 4.79 Å². The first-order chi connectivity index (χ1) is 15.2. The molecule has 32 heavy (non-hydrogen) atoms. The van der Waals surface area contributed by atoms with Crippen LogP contribution in [-0.2, 0) is 9.47 Å². The number of amides is 2. The number of piperidine rings is 1. The molecule has 3 atom stereocenters. The van der Waals surface area contributed by atoms with Crippen molar-refractivity contribution in [1.29, 1.82) is 0 Å². The summed E-state index contributed by atoms with van der Waals surface area (Å²) in [5.41, 5.74) is 0. The van der Waals surface area contributed by atoms with Crippen LogP contribution in [0.15, 0.2) is 0 Å². The predicted octanol–water partition coefficient (Wildman–Crippen LogP) is 4.02. The fourth-order valence-corrected chi connectivity index (χ4v) is 5.94. The molecule has 1 saturated carbocycles. The Morgan fingerprint density at radius 3 is 2.34 bits per heavy atom. The van der Waals surface area contributed by atoms with Crippen LogP contribution < -0.4 is 5.32 Å². The van der Waals surface area contributed by atoms with Crippen LogP contribution in [0.2, 0.25) is 0 Å². The van der Waals surface area contributed by atoms with Crippen LogP contribution >= 0.6 is 0 Å². The monoisotopic (exact) mass is 456 g/mol. The van der Waals surface area contributed by atoms with Crippen molar-refractivity contribution >= 4 is 6.03 Å². The predicted molar refractivity (Wildman–Crippen MR) is 133 cm³/mol. The fraction of sp³-hybridized carbons (Fsp3) is 0.960. The average Bonchev–Trinajstić information content (AvgIpc) is 2.75. The second kappa shape index (κ2) is 12.5.